The van der Waals surface area contributed by atoms with E-state index in [1.807, 2.05) is 0 Å². The molecule has 1 aromatic carbocycles. The van der Waals surface area contributed by atoms with Crippen LogP contribution in [0.4, 0.5) is 0 Å². The third-order valence-electron chi connectivity index (χ3n) is 24.7. The molecular formula is C65H91N3O6. The Balaban J connectivity index is 0.972. The topological polar surface area (TPSA) is 129 Å². The van der Waals surface area contributed by atoms with Crippen molar-refractivity contribution in [1.82, 2.24) is 14.9 Å². The van der Waals surface area contributed by atoms with E-state index in [0.29, 0.717) is 55.9 Å². The molecule has 2 aromatic heterocycles. The van der Waals surface area contributed by atoms with E-state index < -0.39 is 34.1 Å². The van der Waals surface area contributed by atoms with Crippen LogP contribution in [0.2, 0.25) is 0 Å². The van der Waals surface area contributed by atoms with Crippen LogP contribution < -0.4 is 5.32 Å². The van der Waals surface area contributed by atoms with Crippen molar-refractivity contribution in [3.63, 3.8) is 0 Å². The number of benzene rings is 1. The second-order valence-corrected chi connectivity index (χ2v) is 28.6. The highest BCUT2D eigenvalue weighted by atomic mass is 16.6. The van der Waals surface area contributed by atoms with Crippen molar-refractivity contribution < 1.29 is 29.3 Å². The number of ether oxygens (including phenoxy) is 2. The minimum Gasteiger partial charge on any atom is -0.392 e. The van der Waals surface area contributed by atoms with Crippen LogP contribution in [-0.2, 0) is 38.4 Å². The van der Waals surface area contributed by atoms with Crippen molar-refractivity contribution in [2.75, 3.05) is 20.3 Å². The van der Waals surface area contributed by atoms with E-state index in [1.165, 1.54) is 76.5 Å². The number of hydrogen-bond acceptors (Lipinski definition) is 7. The molecule has 402 valence electrons. The number of fused-ring (bicyclic) bond motifs is 6. The fourth-order valence-corrected chi connectivity index (χ4v) is 20.9. The molecule has 74 heavy (non-hydrogen) atoms. The molecule has 0 radical (unpaired) electrons. The first kappa shape index (κ1) is 50.4. The van der Waals surface area contributed by atoms with Crippen molar-refractivity contribution in [2.45, 2.75) is 238 Å². The number of aliphatic hydroxyl groups is 2. The van der Waals surface area contributed by atoms with Gasteiger partial charge in [0.1, 0.15) is 11.9 Å². The van der Waals surface area contributed by atoms with Crippen LogP contribution in [0, 0.1) is 50.2 Å². The molecule has 0 amide bonds. The maximum absolute atomic E-state index is 15.8. The van der Waals surface area contributed by atoms with Crippen LogP contribution in [0.5, 0.6) is 0 Å². The summed E-state index contributed by atoms with van der Waals surface area (Å²) in [6.45, 7) is 16.2. The number of epoxide rings is 1. The predicted molar refractivity (Wildman–Crippen MR) is 291 cm³/mol. The van der Waals surface area contributed by atoms with Crippen LogP contribution in [0.3, 0.4) is 0 Å². The van der Waals surface area contributed by atoms with Gasteiger partial charge in [-0.15, -0.1) is 0 Å². The van der Waals surface area contributed by atoms with E-state index in [9.17, 15) is 10.2 Å². The molecule has 5 heterocycles. The van der Waals surface area contributed by atoms with Gasteiger partial charge in [-0.05, 0) is 190 Å². The highest BCUT2D eigenvalue weighted by Crippen LogP contribution is 2.81. The van der Waals surface area contributed by atoms with Gasteiger partial charge in [-0.25, -0.2) is 0 Å². The zero-order valence-electron chi connectivity index (χ0n) is 46.4. The average Bonchev–Trinajstić information content (AvgIpc) is 3.99. The molecule has 12 atom stereocenters. The number of carbonyl (C=O) groups excluding carboxylic acids is 2. The number of nitrogens with zero attached hydrogens (tertiary/aromatic N) is 1. The molecule has 3 aromatic rings. The molecular weight excluding hydrogens is 919 g/mol. The van der Waals surface area contributed by atoms with Gasteiger partial charge in [0.2, 0.25) is 0 Å². The molecule has 13 rings (SSSR count). The molecule has 2 saturated heterocycles. The number of nitrogens with one attached hydrogen (secondary N) is 2. The molecule has 3 aliphatic heterocycles. The molecule has 6 saturated carbocycles. The van der Waals surface area contributed by atoms with E-state index >= 15 is 9.59 Å². The maximum atomic E-state index is 15.8. The summed E-state index contributed by atoms with van der Waals surface area (Å²) in [5.41, 5.74) is 8.67. The lowest BCUT2D eigenvalue weighted by Crippen LogP contribution is -2.73. The zero-order valence-corrected chi connectivity index (χ0v) is 46.4. The van der Waals surface area contributed by atoms with Gasteiger partial charge in [0.15, 0.2) is 5.78 Å². The van der Waals surface area contributed by atoms with Crippen LogP contribution >= 0.6 is 0 Å². The number of rotatable bonds is 8. The van der Waals surface area contributed by atoms with Gasteiger partial charge in [0.05, 0.1) is 28.8 Å². The number of H-pyrrole nitrogens is 1. The second kappa shape index (κ2) is 17.7. The lowest BCUT2D eigenvalue weighted by molar-refractivity contribution is -0.266. The standard InChI is InChI=1S/C65H91N3O6/c1-59(2)58(74-59)49(70)33-60(3)24-17-42-36-67-54-45(30-39-28-43(40-14-9-8-10-15-40)31-44(29-39)41-19-26-73-27-20-41)37-68(55(42)54)38-47-52-53(60)48(69)34-62(52,5)61(4)25-18-50-63(6,57(61)56(47)72)64(21-11-12-22-64)35-51(71)65(50)23-13-16-46(32-65)66-7/h28-29,31,36-37,40-41,46-47,49-50,56-58,66-67,70,72H,8-27,30,32-35,38H2,1-7H3/t46-,47+,49-,50-,56-,57+,58-,60+,61+,62+,63-,65+/m1/s1. The molecule has 9 nitrogen and oxygen atoms in total. The van der Waals surface area contributed by atoms with E-state index in [0.717, 1.165) is 109 Å². The lowest BCUT2D eigenvalue weighted by Gasteiger charge is -2.75. The summed E-state index contributed by atoms with van der Waals surface area (Å²) in [4.78, 5) is 35.0. The highest BCUT2D eigenvalue weighted by molar-refractivity contribution is 6.02. The summed E-state index contributed by atoms with van der Waals surface area (Å²) in [5, 5.41) is 30.3. The van der Waals surface area contributed by atoms with Crippen molar-refractivity contribution in [3.8, 4) is 0 Å². The number of aryl methyl sites for hydroxylation is 1. The first-order chi connectivity index (χ1) is 35.4. The van der Waals surface area contributed by atoms with Gasteiger partial charge in [0, 0.05) is 79.8 Å². The van der Waals surface area contributed by atoms with Crippen LogP contribution in [0.15, 0.2) is 41.7 Å². The van der Waals surface area contributed by atoms with Crippen molar-refractivity contribution in [2.24, 2.45) is 50.2 Å². The van der Waals surface area contributed by atoms with Crippen molar-refractivity contribution in [1.29, 1.82) is 0 Å². The minimum atomic E-state index is -0.722. The Bertz CT molecular complexity index is 2710. The normalized spacial score (nSPS) is 40.4. The number of aromatic amines is 1. The molecule has 0 bridgehead atoms. The van der Waals surface area contributed by atoms with Gasteiger partial charge < -0.3 is 34.6 Å². The Morgan fingerprint density at radius 1 is 0.838 bits per heavy atom. The summed E-state index contributed by atoms with van der Waals surface area (Å²) in [6.07, 6.45) is 25.7. The number of Topliss-reactive ketones (excluding diaryl/α,β-unsaturated/α-hetero) is 2. The second-order valence-electron chi connectivity index (χ2n) is 28.6. The largest absolute Gasteiger partial charge is 0.392 e. The van der Waals surface area contributed by atoms with Crippen LogP contribution in [0.25, 0.3) is 11.0 Å². The van der Waals surface area contributed by atoms with Gasteiger partial charge in [-0.1, -0.05) is 84.4 Å². The molecule has 2 spiro atoms. The molecule has 0 unspecified atom stereocenters. The summed E-state index contributed by atoms with van der Waals surface area (Å²) in [5.74, 6) is 1.65. The monoisotopic (exact) mass is 1010 g/mol. The number of aromatic nitrogens is 2. The number of ketones is 2. The smallest absolute Gasteiger partial charge is 0.160 e. The lowest BCUT2D eigenvalue weighted by atomic mass is 9.29. The number of hydrogen-bond donors (Lipinski definition) is 4. The first-order valence-electron chi connectivity index (χ1n) is 30.3. The third kappa shape index (κ3) is 7.28. The van der Waals surface area contributed by atoms with Crippen LogP contribution in [0.1, 0.15) is 216 Å². The average molecular weight is 1010 g/mol. The van der Waals surface area contributed by atoms with E-state index in [2.05, 4.69) is 94.1 Å². The fourth-order valence-electron chi connectivity index (χ4n) is 20.9. The molecule has 10 aliphatic rings. The number of carbonyl (C=O) groups is 2. The number of allylic oxidation sites excluding steroid dienone is 1. The van der Waals surface area contributed by atoms with E-state index in [4.69, 9.17) is 9.47 Å². The Morgan fingerprint density at radius 3 is 2.26 bits per heavy atom. The van der Waals surface area contributed by atoms with Gasteiger partial charge in [0.25, 0.3) is 0 Å². The molecule has 9 heteroatoms. The first-order valence-corrected chi connectivity index (χ1v) is 30.3. The Morgan fingerprint density at radius 2 is 1.55 bits per heavy atom. The van der Waals surface area contributed by atoms with Crippen LogP contribution in [-0.4, -0.2) is 81.5 Å². The van der Waals surface area contributed by atoms with Gasteiger partial charge in [-0.2, -0.15) is 0 Å². The quantitative estimate of drug-likeness (QED) is 0.165. The van der Waals surface area contributed by atoms with Gasteiger partial charge in [-0.3, -0.25) is 9.59 Å². The Kier molecular flexibility index (Phi) is 12.1. The predicted octanol–water partition coefficient (Wildman–Crippen LogP) is 12.4. The van der Waals surface area contributed by atoms with Crippen molar-refractivity contribution in [3.05, 3.63) is 69.6 Å². The van der Waals surface area contributed by atoms with Gasteiger partial charge >= 0.3 is 0 Å². The van der Waals surface area contributed by atoms with Crippen molar-refractivity contribution >= 4 is 22.6 Å². The molecule has 4 N–H and O–H groups in total. The molecule has 8 fully saturated rings. The SMILES string of the molecule is CN[C@@H]1CCC[C@@]2(C1)C(=O)CC1(CCCC1)[C@@]1(C)[C@H]3[C@H](O)[C@H]4Cn5cc(Cc6cc(C7CCCCC7)cc(C7CCOCC7)c6)c6[nH]cc(c65)CC[C@@](C)(C[C@@H](O)[C@H]5OC5(C)C)C5=C4[C@](C)(CC5=O)[C@@]3(C)CC[C@@H]21. The summed E-state index contributed by atoms with van der Waals surface area (Å²) >= 11 is 0. The molecule has 7 aliphatic carbocycles. The third-order valence-corrected chi connectivity index (χ3v) is 24.7. The Hall–Kier alpha value is -3.08. The summed E-state index contributed by atoms with van der Waals surface area (Å²) in [6, 6.07) is 7.96. The summed E-state index contributed by atoms with van der Waals surface area (Å²) in [7, 11) is 2.09. The highest BCUT2D eigenvalue weighted by Gasteiger charge is 2.78. The van der Waals surface area contributed by atoms with E-state index in [1.54, 1.807) is 0 Å². The maximum Gasteiger partial charge on any atom is 0.160 e. The Labute approximate surface area is 442 Å². The number of aliphatic hydroxyl groups excluding tert-OH is 2. The minimum absolute atomic E-state index is 0.0968. The fraction of sp³-hybridized carbons (Fsp3) is 0.754. The summed E-state index contributed by atoms with van der Waals surface area (Å²) < 4.78 is 14.6. The van der Waals surface area contributed by atoms with E-state index in [-0.39, 0.29) is 45.9 Å². The zero-order chi connectivity index (χ0) is 51.4.